The van der Waals surface area contributed by atoms with E-state index in [-0.39, 0.29) is 0 Å². The van der Waals surface area contributed by atoms with Crippen LogP contribution in [0.4, 0.5) is 17.1 Å². The van der Waals surface area contributed by atoms with Crippen LogP contribution in [0.3, 0.4) is 0 Å². The summed E-state index contributed by atoms with van der Waals surface area (Å²) in [6.45, 7) is 9.12. The highest BCUT2D eigenvalue weighted by Gasteiger charge is 2.46. The van der Waals surface area contributed by atoms with E-state index in [1.807, 2.05) is 36.4 Å². The molecule has 0 atom stereocenters. The molecule has 0 spiro atoms. The fourth-order valence-corrected chi connectivity index (χ4v) is 9.67. The Morgan fingerprint density at radius 3 is 1.22 bits per heavy atom. The summed E-state index contributed by atoms with van der Waals surface area (Å²) < 4.78 is 0. The molecule has 1 aliphatic rings. The Bertz CT molecular complexity index is 2870. The molecule has 0 radical (unpaired) electrons. The SMILES string of the molecule is CC(C)Cc1ccc(N(c2ccc(CC(C)C)cc2)c2ccc(C3(c4cccc(-c5nc(-c6ccccc6)nc(-c6ccccc6)n5)c4)c4ccccc4-c4ccccc43)cc2)cc1. The van der Waals surface area contributed by atoms with Crippen molar-refractivity contribution in [2.24, 2.45) is 11.8 Å². The highest BCUT2D eigenvalue weighted by molar-refractivity contribution is 5.87. The number of nitrogens with zero attached hydrogens (tertiary/aromatic N) is 4. The normalized spacial score (nSPS) is 12.6. The molecule has 0 fully saturated rings. The molecular formula is C60H52N4. The van der Waals surface area contributed by atoms with Crippen molar-refractivity contribution in [3.05, 3.63) is 240 Å². The van der Waals surface area contributed by atoms with E-state index in [9.17, 15) is 0 Å². The Morgan fingerprint density at radius 2 is 0.766 bits per heavy atom. The van der Waals surface area contributed by atoms with Gasteiger partial charge in [0.2, 0.25) is 0 Å². The van der Waals surface area contributed by atoms with Gasteiger partial charge in [-0.05, 0) is 112 Å². The molecule has 312 valence electrons. The van der Waals surface area contributed by atoms with Crippen molar-refractivity contribution in [2.75, 3.05) is 4.90 Å². The number of hydrogen-bond donors (Lipinski definition) is 0. The van der Waals surface area contributed by atoms with Gasteiger partial charge in [0.05, 0.1) is 5.41 Å². The Morgan fingerprint density at radius 1 is 0.375 bits per heavy atom. The van der Waals surface area contributed by atoms with E-state index in [0.29, 0.717) is 29.3 Å². The van der Waals surface area contributed by atoms with Crippen LogP contribution in [0.1, 0.15) is 61.1 Å². The summed E-state index contributed by atoms with van der Waals surface area (Å²) in [5, 5.41) is 0. The highest BCUT2D eigenvalue weighted by Crippen LogP contribution is 2.56. The summed E-state index contributed by atoms with van der Waals surface area (Å²) in [6, 6.07) is 74.6. The van der Waals surface area contributed by atoms with Crippen LogP contribution in [0.25, 0.3) is 45.3 Å². The van der Waals surface area contributed by atoms with E-state index in [0.717, 1.165) is 52.2 Å². The number of hydrogen-bond acceptors (Lipinski definition) is 4. The topological polar surface area (TPSA) is 41.9 Å². The van der Waals surface area contributed by atoms with Gasteiger partial charge < -0.3 is 4.90 Å². The summed E-state index contributed by atoms with van der Waals surface area (Å²) in [5.74, 6) is 3.11. The molecule has 1 aromatic heterocycles. The van der Waals surface area contributed by atoms with Crippen molar-refractivity contribution in [1.82, 2.24) is 15.0 Å². The minimum absolute atomic E-state index is 0.595. The third-order valence-corrected chi connectivity index (χ3v) is 12.4. The summed E-state index contributed by atoms with van der Waals surface area (Å²) in [5.41, 5.74) is 15.6. The third kappa shape index (κ3) is 7.70. The van der Waals surface area contributed by atoms with Gasteiger partial charge in [0.25, 0.3) is 0 Å². The zero-order valence-electron chi connectivity index (χ0n) is 37.0. The molecule has 0 N–H and O–H groups in total. The average Bonchev–Trinajstić information content (AvgIpc) is 3.64. The smallest absolute Gasteiger partial charge is 0.164 e. The molecule has 9 aromatic rings. The molecule has 4 nitrogen and oxygen atoms in total. The number of rotatable bonds is 12. The highest BCUT2D eigenvalue weighted by atomic mass is 15.1. The summed E-state index contributed by atoms with van der Waals surface area (Å²) in [6.07, 6.45) is 2.11. The average molecular weight is 829 g/mol. The van der Waals surface area contributed by atoms with Gasteiger partial charge in [-0.2, -0.15) is 0 Å². The van der Waals surface area contributed by atoms with Gasteiger partial charge in [0.1, 0.15) is 0 Å². The first-order valence-electron chi connectivity index (χ1n) is 22.6. The van der Waals surface area contributed by atoms with Crippen molar-refractivity contribution in [3.8, 4) is 45.3 Å². The lowest BCUT2D eigenvalue weighted by Crippen LogP contribution is -2.28. The second-order valence-electron chi connectivity index (χ2n) is 17.9. The maximum atomic E-state index is 5.15. The van der Waals surface area contributed by atoms with Gasteiger partial charge in [-0.1, -0.05) is 191 Å². The van der Waals surface area contributed by atoms with Gasteiger partial charge in [0, 0.05) is 33.8 Å². The molecular weight excluding hydrogens is 777 g/mol. The molecule has 4 heteroatoms. The van der Waals surface area contributed by atoms with Crippen molar-refractivity contribution in [3.63, 3.8) is 0 Å². The Hall–Kier alpha value is -7.43. The van der Waals surface area contributed by atoms with E-state index in [2.05, 4.69) is 202 Å². The molecule has 0 amide bonds. The van der Waals surface area contributed by atoms with E-state index >= 15 is 0 Å². The first-order valence-corrected chi connectivity index (χ1v) is 22.6. The van der Waals surface area contributed by atoms with Crippen LogP contribution in [0.2, 0.25) is 0 Å². The number of aromatic nitrogens is 3. The first kappa shape index (κ1) is 40.6. The lowest BCUT2D eigenvalue weighted by Gasteiger charge is -2.35. The van der Waals surface area contributed by atoms with Crippen molar-refractivity contribution < 1.29 is 0 Å². The van der Waals surface area contributed by atoms with Crippen LogP contribution < -0.4 is 4.90 Å². The summed E-state index contributed by atoms with van der Waals surface area (Å²) >= 11 is 0. The van der Waals surface area contributed by atoms with Crippen molar-refractivity contribution >= 4 is 17.1 Å². The molecule has 0 bridgehead atoms. The maximum Gasteiger partial charge on any atom is 0.164 e. The Balaban J connectivity index is 1.13. The van der Waals surface area contributed by atoms with Crippen LogP contribution in [-0.2, 0) is 18.3 Å². The molecule has 10 rings (SSSR count). The molecule has 1 aliphatic carbocycles. The second-order valence-corrected chi connectivity index (χ2v) is 17.9. The van der Waals surface area contributed by atoms with Crippen molar-refractivity contribution in [2.45, 2.75) is 46.0 Å². The minimum atomic E-state index is -0.624. The van der Waals surface area contributed by atoms with Crippen LogP contribution in [0, 0.1) is 11.8 Å². The fourth-order valence-electron chi connectivity index (χ4n) is 9.67. The standard InChI is InChI=1S/C60H52N4/c1-41(2)38-43-26-32-50(33-27-43)64(51-34-28-44(29-35-51)39-42(3)4)52-36-30-48(31-37-52)60(55-24-13-11-22-53(55)54-23-12-14-25-56(54)60)49-21-15-20-47(40-49)59-62-57(45-16-7-5-8-17-45)61-58(63-59)46-18-9-6-10-19-46/h5-37,40-42H,38-39H2,1-4H3. The quantitative estimate of drug-likeness (QED) is 0.123. The number of anilines is 3. The Labute approximate surface area is 378 Å². The van der Waals surface area contributed by atoms with E-state index in [4.69, 9.17) is 15.0 Å². The van der Waals surface area contributed by atoms with Gasteiger partial charge in [-0.25, -0.2) is 15.0 Å². The van der Waals surface area contributed by atoms with E-state index < -0.39 is 5.41 Å². The molecule has 0 aliphatic heterocycles. The number of benzene rings is 8. The van der Waals surface area contributed by atoms with Crippen LogP contribution in [0.15, 0.2) is 206 Å². The molecule has 0 saturated heterocycles. The Kier molecular flexibility index (Phi) is 11.0. The lowest BCUT2D eigenvalue weighted by atomic mass is 9.67. The van der Waals surface area contributed by atoms with Crippen molar-refractivity contribution in [1.29, 1.82) is 0 Å². The monoisotopic (exact) mass is 828 g/mol. The number of fused-ring (bicyclic) bond motifs is 3. The molecule has 8 aromatic carbocycles. The molecule has 0 unspecified atom stereocenters. The van der Waals surface area contributed by atoms with Crippen LogP contribution in [-0.4, -0.2) is 15.0 Å². The third-order valence-electron chi connectivity index (χ3n) is 12.4. The predicted octanol–water partition coefficient (Wildman–Crippen LogP) is 15.1. The fraction of sp³-hybridized carbons (Fsp3) is 0.150. The van der Waals surface area contributed by atoms with E-state index in [1.54, 1.807) is 0 Å². The second kappa shape index (κ2) is 17.4. The minimum Gasteiger partial charge on any atom is -0.311 e. The summed E-state index contributed by atoms with van der Waals surface area (Å²) in [7, 11) is 0. The van der Waals surface area contributed by atoms with Gasteiger partial charge in [-0.3, -0.25) is 0 Å². The van der Waals surface area contributed by atoms with Gasteiger partial charge >= 0.3 is 0 Å². The van der Waals surface area contributed by atoms with Crippen LogP contribution >= 0.6 is 0 Å². The first-order chi connectivity index (χ1) is 31.3. The van der Waals surface area contributed by atoms with Gasteiger partial charge in [-0.15, -0.1) is 0 Å². The summed E-state index contributed by atoms with van der Waals surface area (Å²) in [4.78, 5) is 17.7. The van der Waals surface area contributed by atoms with E-state index in [1.165, 1.54) is 38.9 Å². The molecule has 64 heavy (non-hydrogen) atoms. The maximum absolute atomic E-state index is 5.15. The molecule has 0 saturated carbocycles. The zero-order valence-corrected chi connectivity index (χ0v) is 37.0. The molecule has 1 heterocycles. The largest absolute Gasteiger partial charge is 0.311 e. The van der Waals surface area contributed by atoms with Gasteiger partial charge in [0.15, 0.2) is 17.5 Å². The van der Waals surface area contributed by atoms with Crippen LogP contribution in [0.5, 0.6) is 0 Å². The lowest BCUT2D eigenvalue weighted by molar-refractivity contribution is 0.647. The zero-order chi connectivity index (χ0) is 43.6. The predicted molar refractivity (Wildman–Crippen MR) is 265 cm³/mol.